The minimum absolute atomic E-state index is 0.175. The fourth-order valence-electron chi connectivity index (χ4n) is 5.11. The zero-order chi connectivity index (χ0) is 25.7. The van der Waals surface area contributed by atoms with Gasteiger partial charge in [0.2, 0.25) is 5.88 Å². The van der Waals surface area contributed by atoms with Crippen LogP contribution in [0, 0.1) is 13.8 Å². The molecule has 2 aromatic heterocycles. The Balaban J connectivity index is 1.74. The summed E-state index contributed by atoms with van der Waals surface area (Å²) in [5, 5.41) is 0. The second kappa shape index (κ2) is 11.9. The van der Waals surface area contributed by atoms with Gasteiger partial charge < -0.3 is 9.47 Å². The Labute approximate surface area is 216 Å². The Kier molecular flexibility index (Phi) is 8.63. The van der Waals surface area contributed by atoms with E-state index in [2.05, 4.69) is 74.8 Å². The summed E-state index contributed by atoms with van der Waals surface area (Å²) in [5.41, 5.74) is 8.92. The normalized spacial score (nSPS) is 15.9. The van der Waals surface area contributed by atoms with Crippen LogP contribution in [0.1, 0.15) is 67.8 Å². The third kappa shape index (κ3) is 5.73. The molecule has 3 heterocycles. The van der Waals surface area contributed by atoms with Crippen molar-refractivity contribution < 1.29 is 9.47 Å². The molecular formula is C31H41N3O2. The maximum Gasteiger partial charge on any atom is 0.217 e. The number of hydrogen-bond acceptors (Lipinski definition) is 5. The molecule has 192 valence electrons. The fraction of sp³-hybridized carbons (Fsp3) is 0.484. The number of benzene rings is 1. The van der Waals surface area contributed by atoms with Crippen LogP contribution >= 0.6 is 0 Å². The van der Waals surface area contributed by atoms with Crippen LogP contribution in [0.15, 0.2) is 36.4 Å². The Morgan fingerprint density at radius 1 is 0.917 bits per heavy atom. The van der Waals surface area contributed by atoms with Crippen molar-refractivity contribution in [1.82, 2.24) is 14.9 Å². The number of aromatic nitrogens is 2. The molecule has 1 aliphatic rings. The van der Waals surface area contributed by atoms with Gasteiger partial charge in [-0.1, -0.05) is 52.0 Å². The summed E-state index contributed by atoms with van der Waals surface area (Å²) >= 11 is 0. The third-order valence-electron chi connectivity index (χ3n) is 7.33. The Bertz CT molecular complexity index is 1170. The molecule has 0 bridgehead atoms. The Morgan fingerprint density at radius 3 is 2.28 bits per heavy atom. The van der Waals surface area contributed by atoms with Crippen molar-refractivity contribution in [2.45, 2.75) is 79.9 Å². The van der Waals surface area contributed by atoms with Crippen LogP contribution in [0.5, 0.6) is 11.6 Å². The van der Waals surface area contributed by atoms with E-state index in [9.17, 15) is 0 Å². The highest BCUT2D eigenvalue weighted by Gasteiger charge is 2.25. The second-order valence-corrected chi connectivity index (χ2v) is 9.71. The molecule has 1 unspecified atom stereocenters. The van der Waals surface area contributed by atoms with Crippen LogP contribution in [0.2, 0.25) is 0 Å². The predicted octanol–water partition coefficient (Wildman–Crippen LogP) is 6.50. The molecule has 0 aliphatic carbocycles. The SMILES string of the molecule is CCc1ccc(C)nc1OCc1c(OC2CCN(CC)C2)cc(-c2c(CC)cccc2CC)nc1C. The van der Waals surface area contributed by atoms with Crippen molar-refractivity contribution in [2.75, 3.05) is 19.6 Å². The highest BCUT2D eigenvalue weighted by Crippen LogP contribution is 2.34. The van der Waals surface area contributed by atoms with Gasteiger partial charge in [0.1, 0.15) is 18.5 Å². The van der Waals surface area contributed by atoms with E-state index in [1.165, 1.54) is 16.7 Å². The molecule has 1 fully saturated rings. The summed E-state index contributed by atoms with van der Waals surface area (Å²) in [4.78, 5) is 12.2. The molecule has 0 amide bonds. The van der Waals surface area contributed by atoms with Crippen LogP contribution in [0.4, 0.5) is 0 Å². The molecule has 1 aromatic carbocycles. The topological polar surface area (TPSA) is 47.5 Å². The highest BCUT2D eigenvalue weighted by molar-refractivity contribution is 5.70. The van der Waals surface area contributed by atoms with Gasteiger partial charge in [-0.15, -0.1) is 0 Å². The van der Waals surface area contributed by atoms with E-state index in [0.29, 0.717) is 12.5 Å². The number of aryl methyl sites for hydroxylation is 5. The van der Waals surface area contributed by atoms with Crippen molar-refractivity contribution in [3.05, 3.63) is 70.0 Å². The quantitative estimate of drug-likeness (QED) is 0.327. The maximum absolute atomic E-state index is 6.72. The highest BCUT2D eigenvalue weighted by atomic mass is 16.5. The molecule has 0 N–H and O–H groups in total. The Hall–Kier alpha value is -2.92. The van der Waals surface area contributed by atoms with Crippen molar-refractivity contribution in [1.29, 1.82) is 0 Å². The fourth-order valence-corrected chi connectivity index (χ4v) is 5.11. The molecule has 5 heteroatoms. The molecule has 0 saturated carbocycles. The first-order chi connectivity index (χ1) is 17.5. The molecule has 1 atom stereocenters. The van der Waals surface area contributed by atoms with E-state index in [4.69, 9.17) is 14.5 Å². The summed E-state index contributed by atoms with van der Waals surface area (Å²) in [6.45, 7) is 16.3. The van der Waals surface area contributed by atoms with E-state index in [1.807, 2.05) is 13.0 Å². The second-order valence-electron chi connectivity index (χ2n) is 9.71. The minimum Gasteiger partial charge on any atom is -0.488 e. The van der Waals surface area contributed by atoms with E-state index < -0.39 is 0 Å². The third-order valence-corrected chi connectivity index (χ3v) is 7.33. The monoisotopic (exact) mass is 487 g/mol. The number of rotatable bonds is 10. The summed E-state index contributed by atoms with van der Waals surface area (Å²) in [6, 6.07) is 12.9. The van der Waals surface area contributed by atoms with E-state index in [0.717, 1.165) is 79.3 Å². The van der Waals surface area contributed by atoms with E-state index in [-0.39, 0.29) is 6.10 Å². The molecule has 0 radical (unpaired) electrons. The average molecular weight is 488 g/mol. The smallest absolute Gasteiger partial charge is 0.217 e. The van der Waals surface area contributed by atoms with Crippen molar-refractivity contribution in [2.24, 2.45) is 0 Å². The summed E-state index contributed by atoms with van der Waals surface area (Å²) in [5.74, 6) is 1.59. The lowest BCUT2D eigenvalue weighted by Gasteiger charge is -2.21. The lowest BCUT2D eigenvalue weighted by molar-refractivity contribution is 0.194. The molecule has 1 saturated heterocycles. The number of likely N-dealkylation sites (N-methyl/N-ethyl adjacent to an activating group) is 1. The van der Waals surface area contributed by atoms with Crippen molar-refractivity contribution >= 4 is 0 Å². The van der Waals surface area contributed by atoms with Gasteiger partial charge in [0.15, 0.2) is 0 Å². The number of likely N-dealkylation sites (tertiary alicyclic amines) is 1. The first kappa shape index (κ1) is 26.2. The Morgan fingerprint density at radius 2 is 1.64 bits per heavy atom. The van der Waals surface area contributed by atoms with Gasteiger partial charge in [0.05, 0.1) is 11.3 Å². The molecular weight excluding hydrogens is 446 g/mol. The summed E-state index contributed by atoms with van der Waals surface area (Å²) in [7, 11) is 0. The van der Waals surface area contributed by atoms with Gasteiger partial charge in [-0.05, 0) is 63.3 Å². The first-order valence-electron chi connectivity index (χ1n) is 13.6. The molecule has 36 heavy (non-hydrogen) atoms. The lowest BCUT2D eigenvalue weighted by Crippen LogP contribution is -2.25. The molecule has 3 aromatic rings. The summed E-state index contributed by atoms with van der Waals surface area (Å²) in [6.07, 6.45) is 4.03. The van der Waals surface area contributed by atoms with Gasteiger partial charge >= 0.3 is 0 Å². The molecule has 0 spiro atoms. The van der Waals surface area contributed by atoms with Crippen LogP contribution in [-0.4, -0.2) is 40.6 Å². The zero-order valence-electron chi connectivity index (χ0n) is 22.9. The average Bonchev–Trinajstić information content (AvgIpc) is 3.35. The van der Waals surface area contributed by atoms with Gasteiger partial charge in [0, 0.05) is 41.7 Å². The van der Waals surface area contributed by atoms with E-state index >= 15 is 0 Å². The molecule has 1 aliphatic heterocycles. The zero-order valence-corrected chi connectivity index (χ0v) is 22.9. The standard InChI is InChI=1S/C31H41N3O2/c1-7-23-12-11-13-24(8-2)30(23)28-18-29(36-26-16-17-34(10-4)19-26)27(22(6)33-28)20-35-31-25(9-3)15-14-21(5)32-31/h11-15,18,26H,7-10,16-17,19-20H2,1-6H3. The first-order valence-corrected chi connectivity index (χ1v) is 13.6. The van der Waals surface area contributed by atoms with Gasteiger partial charge in [-0.3, -0.25) is 9.88 Å². The van der Waals surface area contributed by atoms with Crippen LogP contribution < -0.4 is 9.47 Å². The lowest BCUT2D eigenvalue weighted by atomic mass is 9.94. The number of hydrogen-bond donors (Lipinski definition) is 0. The largest absolute Gasteiger partial charge is 0.488 e. The van der Waals surface area contributed by atoms with Crippen LogP contribution in [0.3, 0.4) is 0 Å². The van der Waals surface area contributed by atoms with Crippen LogP contribution in [-0.2, 0) is 25.9 Å². The van der Waals surface area contributed by atoms with Gasteiger partial charge in [-0.2, -0.15) is 0 Å². The van der Waals surface area contributed by atoms with Gasteiger partial charge in [-0.25, -0.2) is 4.98 Å². The molecule has 4 rings (SSSR count). The number of pyridine rings is 2. The van der Waals surface area contributed by atoms with Crippen LogP contribution in [0.25, 0.3) is 11.3 Å². The number of ether oxygens (including phenoxy) is 2. The van der Waals surface area contributed by atoms with Crippen molar-refractivity contribution in [3.8, 4) is 22.9 Å². The van der Waals surface area contributed by atoms with Gasteiger partial charge in [0.25, 0.3) is 0 Å². The minimum atomic E-state index is 0.175. The molecule has 5 nitrogen and oxygen atoms in total. The predicted molar refractivity (Wildman–Crippen MR) is 147 cm³/mol. The van der Waals surface area contributed by atoms with Crippen molar-refractivity contribution in [3.63, 3.8) is 0 Å². The number of nitrogens with zero attached hydrogens (tertiary/aromatic N) is 3. The summed E-state index contributed by atoms with van der Waals surface area (Å²) < 4.78 is 13.0. The van der Waals surface area contributed by atoms with E-state index in [1.54, 1.807) is 0 Å². The maximum atomic E-state index is 6.72.